The molecule has 0 bridgehead atoms. The molecule has 1 atom stereocenters. The summed E-state index contributed by atoms with van der Waals surface area (Å²) in [6.07, 6.45) is 3.64. The highest BCUT2D eigenvalue weighted by molar-refractivity contribution is 7.91. The number of hydrogen-bond acceptors (Lipinski definition) is 4. The van der Waals surface area contributed by atoms with Crippen LogP contribution >= 0.6 is 22.9 Å². The van der Waals surface area contributed by atoms with Crippen LogP contribution in [-0.4, -0.2) is 38.1 Å². The van der Waals surface area contributed by atoms with Crippen molar-refractivity contribution in [3.63, 3.8) is 0 Å². The zero-order valence-electron chi connectivity index (χ0n) is 13.5. The van der Waals surface area contributed by atoms with Crippen molar-refractivity contribution >= 4 is 44.8 Å². The molecule has 1 aromatic carbocycles. The molecule has 1 amide bonds. The van der Waals surface area contributed by atoms with Crippen molar-refractivity contribution in [1.29, 1.82) is 0 Å². The smallest absolute Gasteiger partial charge is 0.246 e. The van der Waals surface area contributed by atoms with E-state index < -0.39 is 15.1 Å². The number of nitrogens with zero attached hydrogens (tertiary/aromatic N) is 1. The quantitative estimate of drug-likeness (QED) is 0.742. The summed E-state index contributed by atoms with van der Waals surface area (Å²) in [5.74, 6) is -0.173. The lowest BCUT2D eigenvalue weighted by Crippen LogP contribution is -2.32. The van der Waals surface area contributed by atoms with Crippen LogP contribution in [0.4, 0.5) is 0 Å². The fourth-order valence-corrected chi connectivity index (χ4v) is 5.93. The first kappa shape index (κ1) is 18.2. The number of rotatable bonds is 3. The Bertz CT molecular complexity index is 858. The number of thiophene rings is 1. The summed E-state index contributed by atoms with van der Waals surface area (Å²) in [4.78, 5) is 14.9. The highest BCUT2D eigenvalue weighted by Gasteiger charge is 2.32. The second-order valence-corrected chi connectivity index (χ2v) is 9.59. The average molecular weight is 396 g/mol. The van der Waals surface area contributed by atoms with E-state index in [1.54, 1.807) is 23.1 Å². The van der Waals surface area contributed by atoms with Crippen molar-refractivity contribution in [2.75, 3.05) is 18.8 Å². The van der Waals surface area contributed by atoms with Gasteiger partial charge in [0.05, 0.1) is 11.0 Å². The van der Waals surface area contributed by atoms with Crippen LogP contribution in [0, 0.1) is 0 Å². The molecule has 1 fully saturated rings. The minimum atomic E-state index is -3.24. The first-order chi connectivity index (χ1) is 12.0. The molecule has 25 heavy (non-hydrogen) atoms. The van der Waals surface area contributed by atoms with Crippen molar-refractivity contribution in [3.8, 4) is 0 Å². The van der Waals surface area contributed by atoms with Crippen LogP contribution in [0.15, 0.2) is 47.9 Å². The van der Waals surface area contributed by atoms with E-state index in [-0.39, 0.29) is 18.2 Å². The van der Waals surface area contributed by atoms with Gasteiger partial charge in [-0.1, -0.05) is 29.8 Å². The predicted octanol–water partition coefficient (Wildman–Crippen LogP) is 3.80. The van der Waals surface area contributed by atoms with E-state index in [9.17, 15) is 13.2 Å². The van der Waals surface area contributed by atoms with Gasteiger partial charge < -0.3 is 4.90 Å². The van der Waals surface area contributed by atoms with Gasteiger partial charge in [0.2, 0.25) is 5.91 Å². The van der Waals surface area contributed by atoms with Crippen LogP contribution in [0.25, 0.3) is 6.08 Å². The maximum Gasteiger partial charge on any atom is 0.246 e. The molecule has 0 radical (unpaired) electrons. The third kappa shape index (κ3) is 4.51. The van der Waals surface area contributed by atoms with Gasteiger partial charge in [-0.15, -0.1) is 11.3 Å². The van der Waals surface area contributed by atoms with Crippen LogP contribution in [0.1, 0.15) is 22.1 Å². The molecule has 132 valence electrons. The lowest BCUT2D eigenvalue weighted by Gasteiger charge is -2.17. The minimum absolute atomic E-state index is 0.00388. The SMILES string of the molecule is O=C(/C=C/c1ccc(Cl)cc1)N1CCC(c2cccs2)S(=O)(=O)CC1. The third-order valence-electron chi connectivity index (χ3n) is 4.20. The number of hydrogen-bond donors (Lipinski definition) is 0. The summed E-state index contributed by atoms with van der Waals surface area (Å²) in [7, 11) is -3.24. The third-order valence-corrected chi connectivity index (χ3v) is 7.70. The van der Waals surface area contributed by atoms with Crippen LogP contribution in [0.5, 0.6) is 0 Å². The molecule has 0 N–H and O–H groups in total. The number of amides is 1. The Morgan fingerprint density at radius 3 is 2.64 bits per heavy atom. The molecule has 0 saturated carbocycles. The van der Waals surface area contributed by atoms with Gasteiger partial charge in [0, 0.05) is 29.1 Å². The van der Waals surface area contributed by atoms with Gasteiger partial charge >= 0.3 is 0 Å². The largest absolute Gasteiger partial charge is 0.338 e. The summed E-state index contributed by atoms with van der Waals surface area (Å²) in [5, 5.41) is 2.01. The van der Waals surface area contributed by atoms with Crippen LogP contribution in [0.3, 0.4) is 0 Å². The van der Waals surface area contributed by atoms with Gasteiger partial charge in [0.25, 0.3) is 0 Å². The van der Waals surface area contributed by atoms with E-state index in [1.807, 2.05) is 29.6 Å². The lowest BCUT2D eigenvalue weighted by atomic mass is 10.2. The summed E-state index contributed by atoms with van der Waals surface area (Å²) in [6.45, 7) is 0.666. The van der Waals surface area contributed by atoms with Crippen LogP contribution in [-0.2, 0) is 14.6 Å². The first-order valence-electron chi connectivity index (χ1n) is 7.93. The highest BCUT2D eigenvalue weighted by atomic mass is 35.5. The first-order valence-corrected chi connectivity index (χ1v) is 10.9. The lowest BCUT2D eigenvalue weighted by molar-refractivity contribution is -0.125. The fraction of sp³-hybridized carbons (Fsp3) is 0.278. The summed E-state index contributed by atoms with van der Waals surface area (Å²) < 4.78 is 25.0. The molecular formula is C18H18ClNO3S2. The van der Waals surface area contributed by atoms with Crippen LogP contribution < -0.4 is 0 Å². The minimum Gasteiger partial charge on any atom is -0.338 e. The molecule has 2 aromatic rings. The molecule has 1 aliphatic heterocycles. The monoisotopic (exact) mass is 395 g/mol. The number of carbonyl (C=O) groups is 1. The van der Waals surface area contributed by atoms with Gasteiger partial charge in [-0.2, -0.15) is 0 Å². The van der Waals surface area contributed by atoms with Crippen molar-refractivity contribution in [3.05, 3.63) is 63.3 Å². The maximum absolute atomic E-state index is 12.5. The van der Waals surface area contributed by atoms with E-state index in [1.165, 1.54) is 17.4 Å². The van der Waals surface area contributed by atoms with Crippen molar-refractivity contribution in [2.45, 2.75) is 11.7 Å². The molecule has 2 heterocycles. The Labute approximate surface area is 156 Å². The second-order valence-electron chi connectivity index (χ2n) is 5.87. The van der Waals surface area contributed by atoms with Gasteiger partial charge in [-0.05, 0) is 41.6 Å². The van der Waals surface area contributed by atoms with E-state index in [4.69, 9.17) is 11.6 Å². The van der Waals surface area contributed by atoms with E-state index in [2.05, 4.69) is 0 Å². The normalized spacial score (nSPS) is 20.5. The Hall–Kier alpha value is -1.63. The molecule has 3 rings (SSSR count). The van der Waals surface area contributed by atoms with E-state index in [0.717, 1.165) is 10.4 Å². The van der Waals surface area contributed by atoms with E-state index in [0.29, 0.717) is 18.0 Å². The summed E-state index contributed by atoms with van der Waals surface area (Å²) >= 11 is 7.29. The zero-order valence-corrected chi connectivity index (χ0v) is 15.9. The van der Waals surface area contributed by atoms with Crippen LogP contribution in [0.2, 0.25) is 5.02 Å². The zero-order chi connectivity index (χ0) is 17.9. The molecule has 1 saturated heterocycles. The molecule has 0 aliphatic carbocycles. The van der Waals surface area contributed by atoms with E-state index >= 15 is 0 Å². The number of halogens is 1. The van der Waals surface area contributed by atoms with Crippen molar-refractivity contribution < 1.29 is 13.2 Å². The fourth-order valence-electron chi connectivity index (χ4n) is 2.81. The van der Waals surface area contributed by atoms with Crippen molar-refractivity contribution in [1.82, 2.24) is 4.90 Å². The number of benzene rings is 1. The Morgan fingerprint density at radius 1 is 1.20 bits per heavy atom. The Balaban J connectivity index is 1.69. The Morgan fingerprint density at radius 2 is 1.96 bits per heavy atom. The molecule has 4 nitrogen and oxygen atoms in total. The predicted molar refractivity (Wildman–Crippen MR) is 103 cm³/mol. The molecule has 1 aromatic heterocycles. The molecule has 0 spiro atoms. The molecular weight excluding hydrogens is 378 g/mol. The maximum atomic E-state index is 12.5. The highest BCUT2D eigenvalue weighted by Crippen LogP contribution is 2.32. The number of sulfone groups is 1. The van der Waals surface area contributed by atoms with Gasteiger partial charge in [-0.3, -0.25) is 4.79 Å². The molecule has 1 aliphatic rings. The van der Waals surface area contributed by atoms with Gasteiger partial charge in [0.1, 0.15) is 0 Å². The second kappa shape index (κ2) is 7.72. The van der Waals surface area contributed by atoms with Gasteiger partial charge in [0.15, 0.2) is 9.84 Å². The Kier molecular flexibility index (Phi) is 5.61. The standard InChI is InChI=1S/C18H18ClNO3S2/c19-15-6-3-14(4-7-15)5-8-18(21)20-10-9-17(16-2-1-12-24-16)25(22,23)13-11-20/h1-8,12,17H,9-11,13H2/b8-5+. The summed E-state index contributed by atoms with van der Waals surface area (Å²) in [6, 6.07) is 10.9. The average Bonchev–Trinajstić information content (AvgIpc) is 3.05. The van der Waals surface area contributed by atoms with Gasteiger partial charge in [-0.25, -0.2) is 8.42 Å². The van der Waals surface area contributed by atoms with Crippen molar-refractivity contribution in [2.24, 2.45) is 0 Å². The summed E-state index contributed by atoms with van der Waals surface area (Å²) in [5.41, 5.74) is 0.872. The molecule has 1 unspecified atom stereocenters. The molecule has 7 heteroatoms. The topological polar surface area (TPSA) is 54.5 Å². The number of carbonyl (C=O) groups excluding carboxylic acids is 1.